The molecule has 0 bridgehead atoms. The molecule has 2 heterocycles. The van der Waals surface area contributed by atoms with Gasteiger partial charge in [-0.1, -0.05) is 41.4 Å². The molecule has 2 amide bonds. The van der Waals surface area contributed by atoms with E-state index in [1.807, 2.05) is 81.9 Å². The van der Waals surface area contributed by atoms with Crippen LogP contribution in [0, 0.1) is 0 Å². The summed E-state index contributed by atoms with van der Waals surface area (Å²) in [5, 5.41) is 20.9. The van der Waals surface area contributed by atoms with Crippen LogP contribution in [0.2, 0.25) is 10.0 Å². The Morgan fingerprint density at radius 1 is 1.06 bits per heavy atom. The topological polar surface area (TPSA) is 124 Å². The summed E-state index contributed by atoms with van der Waals surface area (Å²) in [6.45, 7) is 3.67. The van der Waals surface area contributed by atoms with E-state index in [1.54, 1.807) is 31.0 Å². The van der Waals surface area contributed by atoms with Crippen LogP contribution in [-0.4, -0.2) is 94.7 Å². The minimum Gasteiger partial charge on any atom is -0.457 e. The van der Waals surface area contributed by atoms with Gasteiger partial charge in [0.05, 0.1) is 36.6 Å². The predicted octanol–water partition coefficient (Wildman–Crippen LogP) is 5.03. The largest absolute Gasteiger partial charge is 0.457 e. The Kier molecular flexibility index (Phi) is 13.4. The van der Waals surface area contributed by atoms with Gasteiger partial charge >= 0.3 is 0 Å². The fourth-order valence-corrected chi connectivity index (χ4v) is 6.82. The van der Waals surface area contributed by atoms with E-state index in [1.165, 1.54) is 0 Å². The van der Waals surface area contributed by atoms with Crippen LogP contribution < -0.4 is 20.7 Å². The molecule has 5 rings (SSSR count). The van der Waals surface area contributed by atoms with Crippen molar-refractivity contribution in [2.75, 3.05) is 40.8 Å². The van der Waals surface area contributed by atoms with E-state index in [-0.39, 0.29) is 12.5 Å². The fraction of sp³-hybridized carbons (Fsp3) is 0.410. The molecule has 1 saturated heterocycles. The molecular weight excluding hydrogens is 701 g/mol. The van der Waals surface area contributed by atoms with Crippen molar-refractivity contribution < 1.29 is 19.4 Å². The standard InChI is InChI=1S/C39H49Cl2N7O4/c1-26(37(50)45-33(24-49)38(51)48(5)39(17-6-18-42-25-39)20-27-7-12-30(40)13-8-27)43-21-29-9-14-31(41)19-35(29)52-32-15-10-28(11-16-32)34-22-44-36(47(34)4)23-46(2)3/h7-16,19,22,26,33,42-43,49H,6,17-18,20-21,23-25H2,1-5H3,(H,45,50). The Bertz CT molecular complexity index is 1810. The van der Waals surface area contributed by atoms with E-state index in [4.69, 9.17) is 27.9 Å². The van der Waals surface area contributed by atoms with Gasteiger partial charge in [-0.25, -0.2) is 4.98 Å². The number of carbonyl (C=O) groups is 2. The quantitative estimate of drug-likeness (QED) is 0.134. The number of nitrogens with one attached hydrogen (secondary N) is 3. The molecule has 13 heteroatoms. The average molecular weight is 751 g/mol. The molecule has 1 fully saturated rings. The Balaban J connectivity index is 1.20. The summed E-state index contributed by atoms with van der Waals surface area (Å²) in [4.78, 5) is 35.5. The molecule has 11 nitrogen and oxygen atoms in total. The number of carbonyl (C=O) groups excluding carboxylic acids is 2. The molecule has 3 atom stereocenters. The van der Waals surface area contributed by atoms with E-state index in [0.29, 0.717) is 34.5 Å². The SMILES string of the molecule is CC(NCc1ccc(Cl)cc1Oc1ccc(-c2cnc(CN(C)C)n2C)cc1)C(=O)NC(CO)C(=O)N(C)C1(Cc2ccc(Cl)cc2)CCCNC1. The highest BCUT2D eigenvalue weighted by Gasteiger charge is 2.41. The molecule has 52 heavy (non-hydrogen) atoms. The number of amides is 2. The summed E-state index contributed by atoms with van der Waals surface area (Å²) >= 11 is 12.5. The summed E-state index contributed by atoms with van der Waals surface area (Å²) in [6, 6.07) is 18.9. The maximum atomic E-state index is 13.8. The summed E-state index contributed by atoms with van der Waals surface area (Å²) in [6.07, 6.45) is 4.17. The number of likely N-dealkylation sites (N-methyl/N-ethyl adjacent to an activating group) is 1. The first-order chi connectivity index (χ1) is 24.9. The molecule has 0 aliphatic carbocycles. The first-order valence-electron chi connectivity index (χ1n) is 17.5. The van der Waals surface area contributed by atoms with E-state index in [2.05, 4.69) is 30.4 Å². The lowest BCUT2D eigenvalue weighted by atomic mass is 9.82. The van der Waals surface area contributed by atoms with Crippen LogP contribution in [-0.2, 0) is 36.1 Å². The summed E-state index contributed by atoms with van der Waals surface area (Å²) in [5.41, 5.74) is 3.33. The van der Waals surface area contributed by atoms with Crippen molar-refractivity contribution in [2.24, 2.45) is 7.05 Å². The third-order valence-corrected chi connectivity index (χ3v) is 10.2. The second-order valence-corrected chi connectivity index (χ2v) is 14.7. The number of nitrogens with zero attached hydrogens (tertiary/aromatic N) is 4. The van der Waals surface area contributed by atoms with Crippen molar-refractivity contribution in [3.8, 4) is 22.8 Å². The number of imidazole rings is 1. The normalized spacial score (nSPS) is 17.1. The number of ether oxygens (including phenoxy) is 1. The van der Waals surface area contributed by atoms with Crippen LogP contribution in [0.1, 0.15) is 36.7 Å². The molecule has 1 aromatic heterocycles. The van der Waals surface area contributed by atoms with Gasteiger partial charge in [0.25, 0.3) is 0 Å². The number of aliphatic hydroxyl groups is 1. The monoisotopic (exact) mass is 749 g/mol. The van der Waals surface area contributed by atoms with Gasteiger partial charge in [-0.05, 0) is 101 Å². The summed E-state index contributed by atoms with van der Waals surface area (Å²) in [7, 11) is 7.78. The molecule has 4 N–H and O–H groups in total. The van der Waals surface area contributed by atoms with Gasteiger partial charge in [0.1, 0.15) is 23.4 Å². The highest BCUT2D eigenvalue weighted by atomic mass is 35.5. The van der Waals surface area contributed by atoms with Crippen LogP contribution in [0.25, 0.3) is 11.3 Å². The summed E-state index contributed by atoms with van der Waals surface area (Å²) in [5.74, 6) is 1.39. The number of hydrogen-bond donors (Lipinski definition) is 4. The van der Waals surface area contributed by atoms with Gasteiger partial charge in [0.2, 0.25) is 11.8 Å². The van der Waals surface area contributed by atoms with E-state index < -0.39 is 30.1 Å². The Hall–Kier alpha value is -3.97. The molecule has 3 aromatic carbocycles. The first-order valence-corrected chi connectivity index (χ1v) is 18.2. The minimum absolute atomic E-state index is 0.288. The minimum atomic E-state index is -1.10. The van der Waals surface area contributed by atoms with Crippen molar-refractivity contribution in [3.05, 3.63) is 99.9 Å². The first kappa shape index (κ1) is 39.2. The van der Waals surface area contributed by atoms with Crippen molar-refractivity contribution >= 4 is 35.0 Å². The van der Waals surface area contributed by atoms with Gasteiger partial charge in [0, 0.05) is 48.4 Å². The highest BCUT2D eigenvalue weighted by Crippen LogP contribution is 2.31. The van der Waals surface area contributed by atoms with Crippen molar-refractivity contribution in [1.29, 1.82) is 0 Å². The lowest BCUT2D eigenvalue weighted by Gasteiger charge is -2.46. The van der Waals surface area contributed by atoms with Crippen LogP contribution >= 0.6 is 23.2 Å². The van der Waals surface area contributed by atoms with Crippen LogP contribution in [0.5, 0.6) is 11.5 Å². The lowest BCUT2D eigenvalue weighted by molar-refractivity contribution is -0.142. The fourth-order valence-electron chi connectivity index (χ4n) is 6.53. The molecule has 1 aliphatic heterocycles. The second kappa shape index (κ2) is 17.7. The molecule has 0 radical (unpaired) electrons. The van der Waals surface area contributed by atoms with E-state index in [9.17, 15) is 14.7 Å². The van der Waals surface area contributed by atoms with Gasteiger partial charge in [0.15, 0.2) is 0 Å². The number of aromatic nitrogens is 2. The number of aliphatic hydroxyl groups excluding tert-OH is 1. The van der Waals surface area contributed by atoms with Crippen molar-refractivity contribution in [3.63, 3.8) is 0 Å². The third kappa shape index (κ3) is 9.71. The van der Waals surface area contributed by atoms with Crippen LogP contribution in [0.3, 0.4) is 0 Å². The molecular formula is C39H49Cl2N7O4. The highest BCUT2D eigenvalue weighted by molar-refractivity contribution is 6.31. The Morgan fingerprint density at radius 3 is 2.42 bits per heavy atom. The summed E-state index contributed by atoms with van der Waals surface area (Å²) < 4.78 is 8.35. The van der Waals surface area contributed by atoms with E-state index >= 15 is 0 Å². The molecule has 4 aromatic rings. The number of benzene rings is 3. The number of piperidine rings is 1. The molecule has 1 aliphatic rings. The maximum Gasteiger partial charge on any atom is 0.247 e. The molecule has 278 valence electrons. The van der Waals surface area contributed by atoms with Gasteiger partial charge in [-0.3, -0.25) is 9.59 Å². The zero-order valence-corrected chi connectivity index (χ0v) is 32.0. The molecule has 0 saturated carbocycles. The van der Waals surface area contributed by atoms with Crippen molar-refractivity contribution in [2.45, 2.75) is 56.9 Å². The van der Waals surface area contributed by atoms with Gasteiger partial charge in [-0.15, -0.1) is 0 Å². The smallest absolute Gasteiger partial charge is 0.247 e. The van der Waals surface area contributed by atoms with Crippen LogP contribution in [0.15, 0.2) is 72.9 Å². The van der Waals surface area contributed by atoms with Gasteiger partial charge in [-0.2, -0.15) is 0 Å². The Morgan fingerprint density at radius 2 is 1.77 bits per heavy atom. The maximum absolute atomic E-state index is 13.8. The third-order valence-electron chi connectivity index (χ3n) is 9.68. The zero-order chi connectivity index (χ0) is 37.4. The number of rotatable bonds is 15. The van der Waals surface area contributed by atoms with Crippen LogP contribution in [0.4, 0.5) is 0 Å². The van der Waals surface area contributed by atoms with Crippen molar-refractivity contribution in [1.82, 2.24) is 35.3 Å². The van der Waals surface area contributed by atoms with E-state index in [0.717, 1.165) is 54.1 Å². The Labute approximate surface area is 316 Å². The average Bonchev–Trinajstić information content (AvgIpc) is 3.49. The second-order valence-electron chi connectivity index (χ2n) is 13.8. The predicted molar refractivity (Wildman–Crippen MR) is 206 cm³/mol. The number of halogens is 2. The molecule has 3 unspecified atom stereocenters. The zero-order valence-electron chi connectivity index (χ0n) is 30.5. The number of hydrogen-bond acceptors (Lipinski definition) is 8. The van der Waals surface area contributed by atoms with Gasteiger partial charge < -0.3 is 40.2 Å². The lowest BCUT2D eigenvalue weighted by Crippen LogP contribution is -2.63. The molecule has 0 spiro atoms.